The van der Waals surface area contributed by atoms with E-state index in [0.717, 1.165) is 0 Å². The van der Waals surface area contributed by atoms with E-state index in [1.807, 2.05) is 0 Å². The van der Waals surface area contributed by atoms with Gasteiger partial charge in [0, 0.05) is 13.0 Å². The van der Waals surface area contributed by atoms with Crippen LogP contribution in [0, 0.1) is 0 Å². The number of nitrogens with two attached hydrogens (primary N) is 1. The van der Waals surface area contributed by atoms with Gasteiger partial charge < -0.3 is 26.6 Å². The van der Waals surface area contributed by atoms with Crippen LogP contribution in [0.3, 0.4) is 0 Å². The van der Waals surface area contributed by atoms with E-state index in [4.69, 9.17) is 15.9 Å². The minimum atomic E-state index is -1.51. The molecule has 0 heterocycles. The van der Waals surface area contributed by atoms with Gasteiger partial charge in [0.1, 0.15) is 0 Å². The summed E-state index contributed by atoms with van der Waals surface area (Å²) in [5.74, 6) is -2.04. The van der Waals surface area contributed by atoms with Crippen LogP contribution in [0.2, 0.25) is 0 Å². The number of amides is 3. The van der Waals surface area contributed by atoms with Gasteiger partial charge in [-0.1, -0.05) is 0 Å². The van der Waals surface area contributed by atoms with Crippen molar-refractivity contribution in [3.8, 4) is 0 Å². The lowest BCUT2D eigenvalue weighted by molar-refractivity contribution is -0.146. The van der Waals surface area contributed by atoms with Crippen LogP contribution in [0.4, 0.5) is 4.79 Å². The number of carboxylic acid groups (broad SMARTS) is 1. The van der Waals surface area contributed by atoms with Crippen LogP contribution < -0.4 is 16.4 Å². The maximum Gasteiger partial charge on any atom is 0.332 e. The molecular formula is C7H13N3O5. The second kappa shape index (κ2) is 6.60. The highest BCUT2D eigenvalue weighted by Gasteiger charge is 2.12. The fraction of sp³-hybridized carbons (Fsp3) is 0.571. The van der Waals surface area contributed by atoms with Gasteiger partial charge in [-0.05, 0) is 0 Å². The first-order valence-corrected chi connectivity index (χ1v) is 4.14. The largest absolute Gasteiger partial charge is 0.479 e. The minimum absolute atomic E-state index is 0.0158. The molecule has 8 nitrogen and oxygen atoms in total. The number of hydrogen-bond acceptors (Lipinski definition) is 4. The first-order chi connectivity index (χ1) is 6.93. The van der Waals surface area contributed by atoms with Crippen molar-refractivity contribution in [2.45, 2.75) is 12.5 Å². The maximum absolute atomic E-state index is 10.8. The summed E-state index contributed by atoms with van der Waals surface area (Å²) >= 11 is 0. The van der Waals surface area contributed by atoms with Gasteiger partial charge >= 0.3 is 12.0 Å². The molecule has 0 aromatic heterocycles. The van der Waals surface area contributed by atoms with E-state index in [1.165, 1.54) is 0 Å². The summed E-state index contributed by atoms with van der Waals surface area (Å²) in [6.07, 6.45) is -1.62. The highest BCUT2D eigenvalue weighted by molar-refractivity contribution is 5.82. The Morgan fingerprint density at radius 2 is 1.87 bits per heavy atom. The Balaban J connectivity index is 3.55. The van der Waals surface area contributed by atoms with Gasteiger partial charge in [-0.2, -0.15) is 0 Å². The highest BCUT2D eigenvalue weighted by Crippen LogP contribution is 1.88. The van der Waals surface area contributed by atoms with Crippen molar-refractivity contribution in [1.29, 1.82) is 0 Å². The molecule has 0 bridgehead atoms. The lowest BCUT2D eigenvalue weighted by Gasteiger charge is -2.07. The van der Waals surface area contributed by atoms with E-state index < -0.39 is 24.0 Å². The van der Waals surface area contributed by atoms with E-state index in [1.54, 1.807) is 0 Å². The number of rotatable bonds is 6. The molecule has 0 fully saturated rings. The van der Waals surface area contributed by atoms with E-state index in [2.05, 4.69) is 10.6 Å². The highest BCUT2D eigenvalue weighted by atomic mass is 16.4. The lowest BCUT2D eigenvalue weighted by atomic mass is 10.2. The topological polar surface area (TPSA) is 142 Å². The Hall–Kier alpha value is -1.83. The Morgan fingerprint density at radius 1 is 1.27 bits per heavy atom. The standard InChI is InChI=1S/C7H13N3O5/c8-5(12)3-10-7(15)9-2-1-4(11)6(13)14/h4,11H,1-3H2,(H2,8,12)(H,13,14)(H2,9,10,15)/t4-/m0/s1. The molecule has 0 aliphatic heterocycles. The van der Waals surface area contributed by atoms with Crippen LogP contribution in [0.5, 0.6) is 0 Å². The van der Waals surface area contributed by atoms with Crippen molar-refractivity contribution < 1.29 is 24.6 Å². The normalized spacial score (nSPS) is 11.5. The fourth-order valence-electron chi connectivity index (χ4n) is 0.676. The second-order valence-corrected chi connectivity index (χ2v) is 2.72. The molecule has 3 amide bonds. The number of aliphatic hydroxyl groups excluding tert-OH is 1. The zero-order valence-corrected chi connectivity index (χ0v) is 7.90. The maximum atomic E-state index is 10.8. The quantitative estimate of drug-likeness (QED) is 0.338. The van der Waals surface area contributed by atoms with E-state index in [-0.39, 0.29) is 19.5 Å². The molecule has 0 aromatic rings. The first kappa shape index (κ1) is 13.2. The number of carbonyl (C=O) groups is 3. The van der Waals surface area contributed by atoms with Gasteiger partial charge in [0.25, 0.3) is 0 Å². The summed E-state index contributed by atoms with van der Waals surface area (Å²) < 4.78 is 0. The van der Waals surface area contributed by atoms with E-state index in [0.29, 0.717) is 0 Å². The number of carboxylic acids is 1. The van der Waals surface area contributed by atoms with Crippen molar-refractivity contribution in [3.05, 3.63) is 0 Å². The number of aliphatic hydroxyl groups is 1. The summed E-state index contributed by atoms with van der Waals surface area (Å²) in [6, 6.07) is -0.647. The summed E-state index contributed by atoms with van der Waals surface area (Å²) in [5, 5.41) is 21.5. The predicted molar refractivity (Wildman–Crippen MR) is 48.9 cm³/mol. The molecule has 0 aromatic carbocycles. The van der Waals surface area contributed by atoms with Gasteiger partial charge in [-0.25, -0.2) is 9.59 Å². The summed E-state index contributed by atoms with van der Waals surface area (Å²) in [7, 11) is 0. The van der Waals surface area contributed by atoms with Crippen LogP contribution in [-0.4, -0.2) is 47.3 Å². The molecule has 6 N–H and O–H groups in total. The molecule has 86 valence electrons. The van der Waals surface area contributed by atoms with Gasteiger partial charge in [-0.3, -0.25) is 4.79 Å². The number of aliphatic carboxylic acids is 1. The zero-order valence-electron chi connectivity index (χ0n) is 7.90. The zero-order chi connectivity index (χ0) is 11.8. The number of primary amides is 1. The van der Waals surface area contributed by atoms with Crippen LogP contribution in [0.1, 0.15) is 6.42 Å². The molecule has 0 spiro atoms. The van der Waals surface area contributed by atoms with Crippen molar-refractivity contribution in [2.75, 3.05) is 13.1 Å². The molecule has 0 aliphatic rings. The Morgan fingerprint density at radius 3 is 2.33 bits per heavy atom. The van der Waals surface area contributed by atoms with Crippen molar-refractivity contribution in [1.82, 2.24) is 10.6 Å². The van der Waals surface area contributed by atoms with Crippen LogP contribution in [-0.2, 0) is 9.59 Å². The van der Waals surface area contributed by atoms with Gasteiger partial charge in [0.2, 0.25) is 5.91 Å². The molecule has 15 heavy (non-hydrogen) atoms. The number of urea groups is 1. The van der Waals surface area contributed by atoms with Gasteiger partial charge in [0.15, 0.2) is 6.10 Å². The first-order valence-electron chi connectivity index (χ1n) is 4.14. The third kappa shape index (κ3) is 7.26. The Labute approximate surface area is 85.4 Å². The van der Waals surface area contributed by atoms with Crippen LogP contribution >= 0.6 is 0 Å². The Bertz CT molecular complexity index is 255. The van der Waals surface area contributed by atoms with Gasteiger partial charge in [-0.15, -0.1) is 0 Å². The smallest absolute Gasteiger partial charge is 0.332 e. The lowest BCUT2D eigenvalue weighted by Crippen LogP contribution is -2.41. The predicted octanol–water partition coefficient (Wildman–Crippen LogP) is -2.39. The molecule has 0 saturated heterocycles. The third-order valence-electron chi connectivity index (χ3n) is 1.41. The third-order valence-corrected chi connectivity index (χ3v) is 1.41. The summed E-state index contributed by atoms with van der Waals surface area (Å²) in [6.45, 7) is -0.314. The fourth-order valence-corrected chi connectivity index (χ4v) is 0.676. The molecule has 8 heteroatoms. The second-order valence-electron chi connectivity index (χ2n) is 2.72. The van der Waals surface area contributed by atoms with Crippen molar-refractivity contribution in [2.24, 2.45) is 5.73 Å². The van der Waals surface area contributed by atoms with Crippen LogP contribution in [0.25, 0.3) is 0 Å². The molecule has 0 unspecified atom stereocenters. The molecule has 0 aliphatic carbocycles. The number of nitrogens with one attached hydrogen (secondary N) is 2. The molecule has 0 rings (SSSR count). The van der Waals surface area contributed by atoms with Crippen LogP contribution in [0.15, 0.2) is 0 Å². The van der Waals surface area contributed by atoms with Gasteiger partial charge in [0.05, 0.1) is 6.54 Å². The average Bonchev–Trinajstić information content (AvgIpc) is 2.14. The van der Waals surface area contributed by atoms with Crippen molar-refractivity contribution in [3.63, 3.8) is 0 Å². The molecule has 0 saturated carbocycles. The Kier molecular flexibility index (Phi) is 5.79. The molecule has 0 radical (unpaired) electrons. The average molecular weight is 219 g/mol. The number of carbonyl (C=O) groups excluding carboxylic acids is 2. The summed E-state index contributed by atoms with van der Waals surface area (Å²) in [5.41, 5.74) is 4.76. The summed E-state index contributed by atoms with van der Waals surface area (Å²) in [4.78, 5) is 31.2. The molecule has 1 atom stereocenters. The molecular weight excluding hydrogens is 206 g/mol. The SMILES string of the molecule is NC(=O)CNC(=O)NCC[C@H](O)C(=O)O. The van der Waals surface area contributed by atoms with E-state index >= 15 is 0 Å². The van der Waals surface area contributed by atoms with E-state index in [9.17, 15) is 14.4 Å². The monoisotopic (exact) mass is 219 g/mol. The number of hydrogen-bond donors (Lipinski definition) is 5. The van der Waals surface area contributed by atoms with Crippen molar-refractivity contribution >= 4 is 17.9 Å². The minimum Gasteiger partial charge on any atom is -0.479 e.